The van der Waals surface area contributed by atoms with E-state index < -0.39 is 0 Å². The lowest BCUT2D eigenvalue weighted by Gasteiger charge is -2.13. The molecule has 1 unspecified atom stereocenters. The van der Waals surface area contributed by atoms with Gasteiger partial charge < -0.3 is 0 Å². The predicted octanol–water partition coefficient (Wildman–Crippen LogP) is 4.71. The van der Waals surface area contributed by atoms with Crippen molar-refractivity contribution in [1.29, 1.82) is 0 Å². The third kappa shape index (κ3) is 3.35. The smallest absolute Gasteiger partial charge is 0.295 e. The van der Waals surface area contributed by atoms with E-state index in [2.05, 4.69) is 39.0 Å². The quantitative estimate of drug-likeness (QED) is 0.355. The first kappa shape index (κ1) is 20.4. The van der Waals surface area contributed by atoms with Crippen LogP contribution in [0.5, 0.6) is 0 Å². The molecule has 2 heterocycles. The lowest BCUT2D eigenvalue weighted by molar-refractivity contribution is 0.0994. The van der Waals surface area contributed by atoms with Crippen molar-refractivity contribution in [1.82, 2.24) is 14.1 Å². The van der Waals surface area contributed by atoms with Crippen LogP contribution in [-0.2, 0) is 14.1 Å². The van der Waals surface area contributed by atoms with E-state index in [0.29, 0.717) is 5.56 Å². The van der Waals surface area contributed by atoms with Crippen LogP contribution in [0.25, 0.3) is 21.9 Å². The highest BCUT2D eigenvalue weighted by Gasteiger charge is 2.20. The third-order valence-electron chi connectivity index (χ3n) is 5.65. The second kappa shape index (κ2) is 7.43. The topological polar surface area (TPSA) is 56.9 Å². The number of hydrogen-bond donors (Lipinski definition) is 0. The number of nitrogens with zero attached hydrogens (tertiary/aromatic N) is 3. The average Bonchev–Trinajstić information content (AvgIpc) is 2.92. The zero-order valence-corrected chi connectivity index (χ0v) is 18.9. The summed E-state index contributed by atoms with van der Waals surface area (Å²) in [4.78, 5) is 30.1. The Hall–Kier alpha value is -2.86. The number of Topliss-reactive ketones (excluding diaryl/α,β-unsaturated/α-hetero) is 1. The third-order valence-corrected chi connectivity index (χ3v) is 6.67. The molecule has 5 nitrogen and oxygen atoms in total. The molecule has 0 N–H and O–H groups in total. The Morgan fingerprint density at radius 3 is 2.40 bits per heavy atom. The van der Waals surface area contributed by atoms with Crippen LogP contribution in [0, 0.1) is 20.8 Å². The van der Waals surface area contributed by atoms with Crippen molar-refractivity contribution >= 4 is 39.5 Å². The van der Waals surface area contributed by atoms with Crippen LogP contribution in [0.2, 0.25) is 0 Å². The maximum atomic E-state index is 13.1. The zero-order chi connectivity index (χ0) is 21.7. The molecule has 0 aliphatic heterocycles. The monoisotopic (exact) mass is 419 g/mol. The molecule has 0 aliphatic rings. The number of aromatic nitrogens is 3. The van der Waals surface area contributed by atoms with Gasteiger partial charge in [0, 0.05) is 25.0 Å². The van der Waals surface area contributed by atoms with Gasteiger partial charge in [-0.05, 0) is 69.2 Å². The average molecular weight is 420 g/mol. The fourth-order valence-corrected chi connectivity index (χ4v) is 5.00. The summed E-state index contributed by atoms with van der Waals surface area (Å²) in [5, 5.41) is 1.71. The van der Waals surface area contributed by atoms with Gasteiger partial charge in [-0.25, -0.2) is 9.78 Å². The van der Waals surface area contributed by atoms with E-state index in [4.69, 9.17) is 4.98 Å². The van der Waals surface area contributed by atoms with E-state index in [0.717, 1.165) is 38.1 Å². The second-order valence-electron chi connectivity index (χ2n) is 7.98. The molecule has 0 spiro atoms. The van der Waals surface area contributed by atoms with Crippen LogP contribution in [0.1, 0.15) is 34.0 Å². The van der Waals surface area contributed by atoms with Gasteiger partial charge in [0.25, 0.3) is 0 Å². The number of carbonyl (C=O) groups excluding carboxylic acids is 1. The summed E-state index contributed by atoms with van der Waals surface area (Å²) in [6, 6.07) is 11.8. The molecule has 0 radical (unpaired) electrons. The number of fused-ring (bicyclic) bond motifs is 2. The van der Waals surface area contributed by atoms with Crippen molar-refractivity contribution in [3.8, 4) is 0 Å². The Balaban J connectivity index is 1.66. The number of imidazole rings is 1. The minimum atomic E-state index is -0.293. The SMILES string of the molecule is Cc1cc(C)c2nc(SC(C)C(=O)c3ccc4c(c3)n(C)c(=O)n4C)cc(C)c2c1. The van der Waals surface area contributed by atoms with Crippen molar-refractivity contribution in [2.24, 2.45) is 14.1 Å². The maximum absolute atomic E-state index is 13.1. The minimum Gasteiger partial charge on any atom is -0.295 e. The van der Waals surface area contributed by atoms with Crippen LogP contribution in [0.15, 0.2) is 46.2 Å². The molecule has 0 saturated heterocycles. The summed E-state index contributed by atoms with van der Waals surface area (Å²) >= 11 is 1.47. The van der Waals surface area contributed by atoms with Crippen LogP contribution in [0.3, 0.4) is 0 Å². The molecule has 2 aromatic heterocycles. The Kier molecular flexibility index (Phi) is 5.06. The summed E-state index contributed by atoms with van der Waals surface area (Å²) in [5.74, 6) is 0.0263. The van der Waals surface area contributed by atoms with Crippen molar-refractivity contribution in [2.75, 3.05) is 0 Å². The Morgan fingerprint density at radius 1 is 0.967 bits per heavy atom. The number of pyridine rings is 1. The molecule has 4 aromatic rings. The number of thioether (sulfide) groups is 1. The lowest BCUT2D eigenvalue weighted by atomic mass is 10.0. The molecule has 4 rings (SSSR count). The van der Waals surface area contributed by atoms with Crippen LogP contribution >= 0.6 is 11.8 Å². The summed E-state index contributed by atoms with van der Waals surface area (Å²) in [6.45, 7) is 8.16. The van der Waals surface area contributed by atoms with Crippen LogP contribution in [0.4, 0.5) is 0 Å². The van der Waals surface area contributed by atoms with Crippen molar-refractivity contribution in [3.05, 3.63) is 69.1 Å². The zero-order valence-electron chi connectivity index (χ0n) is 18.1. The molecule has 6 heteroatoms. The number of ketones is 1. The van der Waals surface area contributed by atoms with E-state index >= 15 is 0 Å². The van der Waals surface area contributed by atoms with E-state index in [1.807, 2.05) is 19.1 Å². The molecule has 0 aliphatic carbocycles. The number of aryl methyl sites for hydroxylation is 5. The molecule has 0 saturated carbocycles. The normalized spacial score (nSPS) is 12.6. The van der Waals surface area contributed by atoms with Crippen LogP contribution in [-0.4, -0.2) is 25.2 Å². The van der Waals surface area contributed by atoms with Gasteiger partial charge in [0.1, 0.15) is 0 Å². The molecule has 0 amide bonds. The predicted molar refractivity (Wildman–Crippen MR) is 124 cm³/mol. The maximum Gasteiger partial charge on any atom is 0.328 e. The number of rotatable bonds is 4. The Bertz CT molecular complexity index is 1380. The van der Waals surface area contributed by atoms with E-state index in [1.54, 1.807) is 29.3 Å². The van der Waals surface area contributed by atoms with Gasteiger partial charge in [-0.3, -0.25) is 13.9 Å². The van der Waals surface area contributed by atoms with Gasteiger partial charge in [-0.1, -0.05) is 23.4 Å². The van der Waals surface area contributed by atoms with Gasteiger partial charge in [-0.2, -0.15) is 0 Å². The van der Waals surface area contributed by atoms with Gasteiger partial charge in [0.15, 0.2) is 5.78 Å². The fourth-order valence-electron chi connectivity index (χ4n) is 4.00. The summed E-state index contributed by atoms with van der Waals surface area (Å²) in [7, 11) is 3.46. The molecule has 0 bridgehead atoms. The Labute approximate surface area is 179 Å². The van der Waals surface area contributed by atoms with Gasteiger partial charge >= 0.3 is 5.69 Å². The highest BCUT2D eigenvalue weighted by atomic mass is 32.2. The molecule has 2 aromatic carbocycles. The van der Waals surface area contributed by atoms with Gasteiger partial charge in [-0.15, -0.1) is 0 Å². The lowest BCUT2D eigenvalue weighted by Crippen LogP contribution is -2.19. The van der Waals surface area contributed by atoms with E-state index in [-0.39, 0.29) is 16.7 Å². The number of benzene rings is 2. The fraction of sp³-hybridized carbons (Fsp3) is 0.292. The summed E-state index contributed by atoms with van der Waals surface area (Å²) in [6.07, 6.45) is 0. The van der Waals surface area contributed by atoms with Gasteiger partial charge in [0.05, 0.1) is 26.8 Å². The molecule has 0 fully saturated rings. The molecule has 1 atom stereocenters. The number of hydrogen-bond acceptors (Lipinski definition) is 4. The van der Waals surface area contributed by atoms with Crippen LogP contribution < -0.4 is 5.69 Å². The second-order valence-corrected chi connectivity index (χ2v) is 9.34. The van der Waals surface area contributed by atoms with Crippen molar-refractivity contribution in [3.63, 3.8) is 0 Å². The first-order valence-corrected chi connectivity index (χ1v) is 10.8. The highest BCUT2D eigenvalue weighted by molar-refractivity contribution is 8.00. The van der Waals surface area contributed by atoms with E-state index in [9.17, 15) is 9.59 Å². The molecular formula is C24H25N3O2S. The van der Waals surface area contributed by atoms with Crippen molar-refractivity contribution < 1.29 is 4.79 Å². The molecule has 154 valence electrons. The first-order chi connectivity index (χ1) is 14.2. The minimum absolute atomic E-state index is 0.0263. The first-order valence-electron chi connectivity index (χ1n) is 9.92. The van der Waals surface area contributed by atoms with E-state index in [1.165, 1.54) is 17.3 Å². The van der Waals surface area contributed by atoms with Gasteiger partial charge in [0.2, 0.25) is 0 Å². The largest absolute Gasteiger partial charge is 0.328 e. The Morgan fingerprint density at radius 2 is 1.67 bits per heavy atom. The molecule has 30 heavy (non-hydrogen) atoms. The summed E-state index contributed by atoms with van der Waals surface area (Å²) < 4.78 is 3.16. The van der Waals surface area contributed by atoms with Crippen molar-refractivity contribution in [2.45, 2.75) is 38.0 Å². The number of carbonyl (C=O) groups is 1. The molecular weight excluding hydrogens is 394 g/mol. The standard InChI is InChI=1S/C24H25N3O2S/c1-13-9-15(3)22-18(10-13)14(2)11-21(25-22)30-16(4)23(28)17-7-8-19-20(12-17)27(6)24(29)26(19)5/h7-12,16H,1-6H3. The summed E-state index contributed by atoms with van der Waals surface area (Å²) in [5.41, 5.74) is 6.60. The highest BCUT2D eigenvalue weighted by Crippen LogP contribution is 2.30.